The maximum absolute atomic E-state index is 11.1. The van der Waals surface area contributed by atoms with Crippen molar-refractivity contribution in [3.63, 3.8) is 0 Å². The van der Waals surface area contributed by atoms with Crippen LogP contribution in [0.2, 0.25) is 0 Å². The lowest BCUT2D eigenvalue weighted by Gasteiger charge is -2.17. The molecule has 5 nitrogen and oxygen atoms in total. The molecule has 2 aromatic rings. The van der Waals surface area contributed by atoms with Gasteiger partial charge < -0.3 is 5.73 Å². The fourth-order valence-corrected chi connectivity index (χ4v) is 3.38. The molecule has 1 fully saturated rings. The summed E-state index contributed by atoms with van der Waals surface area (Å²) in [6, 6.07) is 15.7. The number of likely N-dealkylation sites (tertiary alicyclic amines) is 1. The van der Waals surface area contributed by atoms with E-state index in [1.54, 1.807) is 12.1 Å². The van der Waals surface area contributed by atoms with Crippen LogP contribution in [0.25, 0.3) is 0 Å². The first-order valence-electron chi connectivity index (χ1n) is 7.82. The molecule has 24 heavy (non-hydrogen) atoms. The van der Waals surface area contributed by atoms with Crippen LogP contribution in [-0.4, -0.2) is 29.0 Å². The van der Waals surface area contributed by atoms with Crippen molar-refractivity contribution in [2.45, 2.75) is 25.4 Å². The van der Waals surface area contributed by atoms with Crippen LogP contribution in [0.15, 0.2) is 48.5 Å². The van der Waals surface area contributed by atoms with Gasteiger partial charge in [-0.3, -0.25) is 15.0 Å². The van der Waals surface area contributed by atoms with Gasteiger partial charge in [-0.25, -0.2) is 0 Å². The third kappa shape index (κ3) is 3.75. The summed E-state index contributed by atoms with van der Waals surface area (Å²) in [4.78, 5) is 13.0. The number of hydrogen-bond donors (Lipinski definition) is 1. The van der Waals surface area contributed by atoms with Crippen LogP contribution in [-0.2, 0) is 6.54 Å². The Kier molecular flexibility index (Phi) is 5.94. The van der Waals surface area contributed by atoms with Crippen molar-refractivity contribution in [1.82, 2.24) is 4.90 Å². The van der Waals surface area contributed by atoms with Crippen molar-refractivity contribution in [2.24, 2.45) is 5.73 Å². The van der Waals surface area contributed by atoms with Gasteiger partial charge in [0.1, 0.15) is 0 Å². The predicted molar refractivity (Wildman–Crippen MR) is 97.5 cm³/mol. The monoisotopic (exact) mass is 347 g/mol. The summed E-state index contributed by atoms with van der Waals surface area (Å²) in [5.41, 5.74) is 9.51. The van der Waals surface area contributed by atoms with Crippen molar-refractivity contribution in [2.75, 3.05) is 13.1 Å². The van der Waals surface area contributed by atoms with E-state index in [9.17, 15) is 10.1 Å². The molecule has 2 aromatic carbocycles. The molecule has 0 saturated carbocycles. The summed E-state index contributed by atoms with van der Waals surface area (Å²) in [7, 11) is 0. The van der Waals surface area contributed by atoms with Crippen molar-refractivity contribution in [1.29, 1.82) is 0 Å². The van der Waals surface area contributed by atoms with Gasteiger partial charge in [0.05, 0.1) is 4.92 Å². The predicted octanol–water partition coefficient (Wildman–Crippen LogP) is 3.25. The maximum atomic E-state index is 11.1. The van der Waals surface area contributed by atoms with Crippen LogP contribution in [0.4, 0.5) is 5.69 Å². The Balaban J connectivity index is 0.00000208. The van der Waals surface area contributed by atoms with Gasteiger partial charge in [-0.1, -0.05) is 42.5 Å². The average Bonchev–Trinajstić information content (AvgIpc) is 2.90. The van der Waals surface area contributed by atoms with E-state index >= 15 is 0 Å². The minimum atomic E-state index is -0.318. The zero-order valence-electron chi connectivity index (χ0n) is 13.6. The number of rotatable bonds is 4. The lowest BCUT2D eigenvalue weighted by atomic mass is 9.95. The molecule has 0 aliphatic carbocycles. The number of benzene rings is 2. The van der Waals surface area contributed by atoms with Crippen LogP contribution in [0.1, 0.15) is 22.6 Å². The molecule has 1 heterocycles. The van der Waals surface area contributed by atoms with E-state index in [2.05, 4.69) is 17.0 Å². The molecular weight excluding hydrogens is 326 g/mol. The Labute approximate surface area is 148 Å². The van der Waals surface area contributed by atoms with Gasteiger partial charge in [-0.05, 0) is 18.1 Å². The first kappa shape index (κ1) is 18.4. The van der Waals surface area contributed by atoms with E-state index < -0.39 is 0 Å². The zero-order chi connectivity index (χ0) is 16.4. The molecule has 3 rings (SSSR count). The molecule has 0 aromatic heterocycles. The van der Waals surface area contributed by atoms with E-state index in [1.165, 1.54) is 5.56 Å². The molecule has 2 N–H and O–H groups in total. The Morgan fingerprint density at radius 3 is 2.54 bits per heavy atom. The van der Waals surface area contributed by atoms with Gasteiger partial charge in [0, 0.05) is 43.2 Å². The Bertz CT molecular complexity index is 709. The highest BCUT2D eigenvalue weighted by Gasteiger charge is 2.31. The van der Waals surface area contributed by atoms with Gasteiger partial charge in [-0.2, -0.15) is 0 Å². The molecule has 128 valence electrons. The number of nitro groups is 1. The highest BCUT2D eigenvalue weighted by Crippen LogP contribution is 2.29. The maximum Gasteiger partial charge on any atom is 0.272 e. The minimum Gasteiger partial charge on any atom is -0.326 e. The Morgan fingerprint density at radius 1 is 1.17 bits per heavy atom. The van der Waals surface area contributed by atoms with E-state index in [0.29, 0.717) is 12.5 Å². The summed E-state index contributed by atoms with van der Waals surface area (Å²) in [5, 5.41) is 11.1. The smallest absolute Gasteiger partial charge is 0.272 e. The second kappa shape index (κ2) is 7.75. The van der Waals surface area contributed by atoms with Gasteiger partial charge in [0.25, 0.3) is 5.69 Å². The molecule has 0 unspecified atom stereocenters. The average molecular weight is 348 g/mol. The van der Waals surface area contributed by atoms with E-state index in [1.807, 2.05) is 31.2 Å². The standard InChI is InChI=1S/C18H21N3O2.ClH/c1-13-15(8-5-9-18(13)21(22)23)10-20-11-16(17(19)12-20)14-6-3-2-4-7-14;/h2-9,16-17H,10-12,19H2,1H3;1H/t16-,17+;/m0./s1. The highest BCUT2D eigenvalue weighted by atomic mass is 35.5. The second-order valence-corrected chi connectivity index (χ2v) is 6.19. The lowest BCUT2D eigenvalue weighted by molar-refractivity contribution is -0.385. The van der Waals surface area contributed by atoms with Crippen molar-refractivity contribution >= 4 is 18.1 Å². The number of hydrogen-bond acceptors (Lipinski definition) is 4. The number of halogens is 1. The molecule has 0 spiro atoms. The van der Waals surface area contributed by atoms with Crippen LogP contribution in [0, 0.1) is 17.0 Å². The third-order valence-corrected chi connectivity index (χ3v) is 4.68. The van der Waals surface area contributed by atoms with Gasteiger partial charge in [0.2, 0.25) is 0 Å². The van der Waals surface area contributed by atoms with Gasteiger partial charge in [-0.15, -0.1) is 12.4 Å². The fraction of sp³-hybridized carbons (Fsp3) is 0.333. The molecule has 1 saturated heterocycles. The molecule has 2 atom stereocenters. The van der Waals surface area contributed by atoms with Crippen LogP contribution in [0.3, 0.4) is 0 Å². The number of nitro benzene ring substituents is 1. The van der Waals surface area contributed by atoms with Crippen LogP contribution in [0.5, 0.6) is 0 Å². The summed E-state index contributed by atoms with van der Waals surface area (Å²) in [6.45, 7) is 4.21. The highest BCUT2D eigenvalue weighted by molar-refractivity contribution is 5.85. The lowest BCUT2D eigenvalue weighted by Crippen LogP contribution is -2.28. The number of nitrogens with zero attached hydrogens (tertiary/aromatic N) is 2. The topological polar surface area (TPSA) is 72.4 Å². The van der Waals surface area contributed by atoms with E-state index in [4.69, 9.17) is 5.73 Å². The SMILES string of the molecule is Cc1c(CN2C[C@@H](N)[C@H](c3ccccc3)C2)cccc1[N+](=O)[O-].Cl. The van der Waals surface area contributed by atoms with Crippen molar-refractivity contribution in [3.05, 3.63) is 75.3 Å². The van der Waals surface area contributed by atoms with Crippen molar-refractivity contribution < 1.29 is 4.92 Å². The molecular formula is C18H22ClN3O2. The Hall–Kier alpha value is -1.95. The van der Waals surface area contributed by atoms with E-state index in [-0.39, 0.29) is 29.1 Å². The Morgan fingerprint density at radius 2 is 1.88 bits per heavy atom. The quantitative estimate of drug-likeness (QED) is 0.680. The van der Waals surface area contributed by atoms with Crippen LogP contribution >= 0.6 is 12.4 Å². The second-order valence-electron chi connectivity index (χ2n) is 6.19. The first-order valence-corrected chi connectivity index (χ1v) is 7.82. The fourth-order valence-electron chi connectivity index (χ4n) is 3.38. The molecule has 1 aliphatic rings. The van der Waals surface area contributed by atoms with Crippen molar-refractivity contribution in [3.8, 4) is 0 Å². The van der Waals surface area contributed by atoms with Gasteiger partial charge in [0.15, 0.2) is 0 Å². The normalized spacial score (nSPS) is 20.6. The largest absolute Gasteiger partial charge is 0.326 e. The number of nitrogens with two attached hydrogens (primary N) is 1. The molecule has 0 radical (unpaired) electrons. The summed E-state index contributed by atoms with van der Waals surface area (Å²) < 4.78 is 0. The summed E-state index contributed by atoms with van der Waals surface area (Å²) in [5.74, 6) is 0.315. The first-order chi connectivity index (χ1) is 11.1. The van der Waals surface area contributed by atoms with Gasteiger partial charge >= 0.3 is 0 Å². The molecule has 0 bridgehead atoms. The molecule has 6 heteroatoms. The molecule has 1 aliphatic heterocycles. The minimum absolute atomic E-state index is 0. The summed E-state index contributed by atoms with van der Waals surface area (Å²) in [6.07, 6.45) is 0. The van der Waals surface area contributed by atoms with Crippen LogP contribution < -0.4 is 5.73 Å². The third-order valence-electron chi connectivity index (χ3n) is 4.68. The molecule has 0 amide bonds. The summed E-state index contributed by atoms with van der Waals surface area (Å²) >= 11 is 0. The van der Waals surface area contributed by atoms with E-state index in [0.717, 1.165) is 24.2 Å². The zero-order valence-corrected chi connectivity index (χ0v) is 14.4.